The van der Waals surface area contributed by atoms with Crippen molar-refractivity contribution in [3.8, 4) is 0 Å². The van der Waals surface area contributed by atoms with Gasteiger partial charge in [-0.3, -0.25) is 4.79 Å². The van der Waals surface area contributed by atoms with Gasteiger partial charge in [-0.05, 0) is 49.9 Å². The van der Waals surface area contributed by atoms with Crippen molar-refractivity contribution >= 4 is 21.9 Å². The van der Waals surface area contributed by atoms with Crippen LogP contribution in [0.25, 0.3) is 0 Å². The molecule has 2 N–H and O–H groups in total. The number of carbonyl (C=O) groups is 2. The molecular formula is C22H26N2O5S. The van der Waals surface area contributed by atoms with Crippen molar-refractivity contribution in [3.63, 3.8) is 0 Å². The minimum atomic E-state index is -3.69. The van der Waals surface area contributed by atoms with Crippen LogP contribution in [0, 0.1) is 6.92 Å². The van der Waals surface area contributed by atoms with E-state index in [-0.39, 0.29) is 29.5 Å². The molecule has 0 aliphatic heterocycles. The van der Waals surface area contributed by atoms with Gasteiger partial charge in [0.05, 0.1) is 11.5 Å². The molecule has 1 fully saturated rings. The lowest BCUT2D eigenvalue weighted by atomic mass is 10.0. The third kappa shape index (κ3) is 5.67. The third-order valence-corrected chi connectivity index (χ3v) is 6.34. The van der Waals surface area contributed by atoms with Crippen LogP contribution in [0.5, 0.6) is 0 Å². The number of amides is 1. The third-order valence-electron chi connectivity index (χ3n) is 4.82. The summed E-state index contributed by atoms with van der Waals surface area (Å²) in [4.78, 5) is 25.4. The highest BCUT2D eigenvalue weighted by Crippen LogP contribution is 2.23. The van der Waals surface area contributed by atoms with Gasteiger partial charge in [-0.15, -0.1) is 0 Å². The van der Waals surface area contributed by atoms with Crippen LogP contribution in [0.15, 0.2) is 53.4 Å². The van der Waals surface area contributed by atoms with Gasteiger partial charge in [0.1, 0.15) is 6.04 Å². The lowest BCUT2D eigenvalue weighted by Gasteiger charge is -2.18. The molecule has 0 spiro atoms. The second-order valence-corrected chi connectivity index (χ2v) is 9.05. The number of hydrogen-bond acceptors (Lipinski definition) is 5. The van der Waals surface area contributed by atoms with Crippen molar-refractivity contribution in [2.24, 2.45) is 0 Å². The minimum Gasteiger partial charge on any atom is -0.464 e. The number of carbonyl (C=O) groups excluding carboxylic acids is 2. The molecule has 2 aromatic carbocycles. The maximum Gasteiger partial charge on any atom is 0.328 e. The molecule has 30 heavy (non-hydrogen) atoms. The first-order valence-corrected chi connectivity index (χ1v) is 11.4. The Morgan fingerprint density at radius 1 is 1.13 bits per heavy atom. The van der Waals surface area contributed by atoms with Crippen LogP contribution in [0.1, 0.15) is 41.3 Å². The van der Waals surface area contributed by atoms with Gasteiger partial charge >= 0.3 is 5.97 Å². The standard InChI is InChI=1S/C22H26N2O5S/c1-3-29-22(26)20(13-16-7-5-4-6-8-16)23-21(25)19-14-18(12-9-15(19)2)30(27,28)24-17-10-11-17/h4-9,12,14,17,20,24H,3,10-11,13H2,1-2H3,(H,23,25). The Balaban J connectivity index is 1.82. The fraction of sp³-hybridized carbons (Fsp3) is 0.364. The average molecular weight is 431 g/mol. The smallest absolute Gasteiger partial charge is 0.328 e. The summed E-state index contributed by atoms with van der Waals surface area (Å²) in [5.41, 5.74) is 1.69. The van der Waals surface area contributed by atoms with E-state index in [1.54, 1.807) is 19.9 Å². The van der Waals surface area contributed by atoms with Crippen LogP contribution in [0.4, 0.5) is 0 Å². The first kappa shape index (κ1) is 22.0. The van der Waals surface area contributed by atoms with Crippen molar-refractivity contribution in [1.82, 2.24) is 10.0 Å². The number of ether oxygens (including phenoxy) is 1. The molecular weight excluding hydrogens is 404 g/mol. The summed E-state index contributed by atoms with van der Waals surface area (Å²) in [7, 11) is -3.69. The molecule has 0 bridgehead atoms. The van der Waals surface area contributed by atoms with Gasteiger partial charge < -0.3 is 10.1 Å². The largest absolute Gasteiger partial charge is 0.464 e. The van der Waals surface area contributed by atoms with Crippen LogP contribution in [-0.4, -0.2) is 39.0 Å². The van der Waals surface area contributed by atoms with Gasteiger partial charge in [0.15, 0.2) is 0 Å². The number of sulfonamides is 1. The molecule has 160 valence electrons. The molecule has 3 rings (SSSR count). The first-order chi connectivity index (χ1) is 14.3. The van der Waals surface area contributed by atoms with E-state index in [1.165, 1.54) is 12.1 Å². The Hall–Kier alpha value is -2.71. The van der Waals surface area contributed by atoms with E-state index in [9.17, 15) is 18.0 Å². The van der Waals surface area contributed by atoms with E-state index in [1.807, 2.05) is 30.3 Å². The molecule has 1 unspecified atom stereocenters. The average Bonchev–Trinajstić information content (AvgIpc) is 3.52. The van der Waals surface area contributed by atoms with Crippen LogP contribution in [0.3, 0.4) is 0 Å². The molecule has 7 nitrogen and oxygen atoms in total. The van der Waals surface area contributed by atoms with Crippen molar-refractivity contribution < 1.29 is 22.7 Å². The van der Waals surface area contributed by atoms with Gasteiger partial charge in [0.25, 0.3) is 5.91 Å². The highest BCUT2D eigenvalue weighted by molar-refractivity contribution is 7.89. The fourth-order valence-electron chi connectivity index (χ4n) is 3.02. The number of esters is 1. The Morgan fingerprint density at radius 2 is 1.83 bits per heavy atom. The number of rotatable bonds is 9. The number of benzene rings is 2. The second-order valence-electron chi connectivity index (χ2n) is 7.34. The summed E-state index contributed by atoms with van der Waals surface area (Å²) in [6.45, 7) is 3.61. The Morgan fingerprint density at radius 3 is 2.47 bits per heavy atom. The molecule has 1 aliphatic carbocycles. The van der Waals surface area contributed by atoms with Crippen LogP contribution in [0.2, 0.25) is 0 Å². The maximum absolute atomic E-state index is 13.0. The van der Waals surface area contributed by atoms with Crippen LogP contribution in [-0.2, 0) is 26.0 Å². The van der Waals surface area contributed by atoms with Crippen molar-refractivity contribution in [1.29, 1.82) is 0 Å². The number of nitrogens with one attached hydrogen (secondary N) is 2. The molecule has 2 aromatic rings. The molecule has 0 heterocycles. The molecule has 1 amide bonds. The molecule has 8 heteroatoms. The summed E-state index contributed by atoms with van der Waals surface area (Å²) in [6.07, 6.45) is 1.91. The fourth-order valence-corrected chi connectivity index (χ4v) is 4.35. The summed E-state index contributed by atoms with van der Waals surface area (Å²) < 4.78 is 32.7. The van der Waals surface area contributed by atoms with Gasteiger partial charge in [-0.1, -0.05) is 36.4 Å². The highest BCUT2D eigenvalue weighted by atomic mass is 32.2. The molecule has 0 aromatic heterocycles. The van der Waals surface area contributed by atoms with Crippen molar-refractivity contribution in [2.45, 2.75) is 50.1 Å². The molecule has 1 atom stereocenters. The Kier molecular flexibility index (Phi) is 6.89. The first-order valence-electron chi connectivity index (χ1n) is 9.94. The van der Waals surface area contributed by atoms with Crippen molar-refractivity contribution in [2.75, 3.05) is 6.61 Å². The molecule has 0 saturated heterocycles. The number of aryl methyl sites for hydroxylation is 1. The SMILES string of the molecule is CCOC(=O)C(Cc1ccccc1)NC(=O)c1cc(S(=O)(=O)NC2CC2)ccc1C. The van der Waals surface area contributed by atoms with E-state index < -0.39 is 27.9 Å². The summed E-state index contributed by atoms with van der Waals surface area (Å²) in [6, 6.07) is 12.8. The van der Waals surface area contributed by atoms with E-state index in [0.29, 0.717) is 5.56 Å². The number of hydrogen-bond donors (Lipinski definition) is 2. The highest BCUT2D eigenvalue weighted by Gasteiger charge is 2.29. The monoisotopic (exact) mass is 430 g/mol. The summed E-state index contributed by atoms with van der Waals surface area (Å²) in [5, 5.41) is 2.71. The topological polar surface area (TPSA) is 102 Å². The zero-order valence-corrected chi connectivity index (χ0v) is 17.9. The summed E-state index contributed by atoms with van der Waals surface area (Å²) >= 11 is 0. The summed E-state index contributed by atoms with van der Waals surface area (Å²) in [5.74, 6) is -1.06. The predicted molar refractivity (Wildman–Crippen MR) is 113 cm³/mol. The van der Waals surface area contributed by atoms with Gasteiger partial charge in [0, 0.05) is 18.0 Å². The van der Waals surface area contributed by atoms with Gasteiger partial charge in [-0.2, -0.15) is 0 Å². The Labute approximate surface area is 176 Å². The van der Waals surface area contributed by atoms with E-state index in [4.69, 9.17) is 4.74 Å². The zero-order chi connectivity index (χ0) is 21.7. The second kappa shape index (κ2) is 9.40. The van der Waals surface area contributed by atoms with Gasteiger partial charge in [-0.25, -0.2) is 17.9 Å². The molecule has 1 saturated carbocycles. The predicted octanol–water partition coefficient (Wildman–Crippen LogP) is 2.34. The lowest BCUT2D eigenvalue weighted by molar-refractivity contribution is -0.145. The molecule has 1 aliphatic rings. The zero-order valence-electron chi connectivity index (χ0n) is 17.1. The van der Waals surface area contributed by atoms with Crippen LogP contribution >= 0.6 is 0 Å². The lowest BCUT2D eigenvalue weighted by Crippen LogP contribution is -2.43. The quantitative estimate of drug-likeness (QED) is 0.595. The van der Waals surface area contributed by atoms with E-state index >= 15 is 0 Å². The minimum absolute atomic E-state index is 0.0286. The molecule has 0 radical (unpaired) electrons. The normalized spacial score (nSPS) is 14.7. The van der Waals surface area contributed by atoms with Crippen LogP contribution < -0.4 is 10.0 Å². The van der Waals surface area contributed by atoms with E-state index in [2.05, 4.69) is 10.0 Å². The van der Waals surface area contributed by atoms with E-state index in [0.717, 1.165) is 18.4 Å². The van der Waals surface area contributed by atoms with Crippen molar-refractivity contribution in [3.05, 3.63) is 65.2 Å². The maximum atomic E-state index is 13.0. The Bertz CT molecular complexity index is 1020. The van der Waals surface area contributed by atoms with Gasteiger partial charge in [0.2, 0.25) is 10.0 Å².